The number of halogens is 3. The SMILES string of the molecule is O=c1[nH]c(=O)n([C@@H]2CC(F)[C@H](CC(F)P(=O)(O)O)O2)cc1Cl. The number of hydrogen-bond acceptors (Lipinski definition) is 4. The molecule has 12 heteroatoms. The van der Waals surface area contributed by atoms with Crippen LogP contribution in [0.4, 0.5) is 8.78 Å². The highest BCUT2D eigenvalue weighted by atomic mass is 35.5. The van der Waals surface area contributed by atoms with Gasteiger partial charge >= 0.3 is 13.3 Å². The maximum absolute atomic E-state index is 13.8. The fraction of sp³-hybridized carbons (Fsp3) is 0.600. The normalized spacial score (nSPS) is 27.0. The molecule has 1 aliphatic heterocycles. The Kier molecular flexibility index (Phi) is 4.88. The molecule has 1 saturated heterocycles. The quantitative estimate of drug-likeness (QED) is 0.679. The van der Waals surface area contributed by atoms with Crippen LogP contribution in [0, 0.1) is 0 Å². The lowest BCUT2D eigenvalue weighted by Crippen LogP contribution is -2.32. The van der Waals surface area contributed by atoms with E-state index in [-0.39, 0.29) is 11.4 Å². The van der Waals surface area contributed by atoms with Crippen molar-refractivity contribution in [3.8, 4) is 0 Å². The Morgan fingerprint density at radius 2 is 2.18 bits per heavy atom. The van der Waals surface area contributed by atoms with E-state index >= 15 is 0 Å². The van der Waals surface area contributed by atoms with Gasteiger partial charge in [0.15, 0.2) is 0 Å². The second-order valence-electron chi connectivity index (χ2n) is 4.78. The number of hydrogen-bond donors (Lipinski definition) is 3. The van der Waals surface area contributed by atoms with Crippen molar-refractivity contribution in [1.29, 1.82) is 0 Å². The van der Waals surface area contributed by atoms with E-state index in [0.717, 1.165) is 10.8 Å². The van der Waals surface area contributed by atoms with Crippen LogP contribution in [0.15, 0.2) is 15.8 Å². The maximum atomic E-state index is 13.8. The van der Waals surface area contributed by atoms with Crippen LogP contribution in [0.2, 0.25) is 5.02 Å². The second kappa shape index (κ2) is 6.21. The summed E-state index contributed by atoms with van der Waals surface area (Å²) in [6.45, 7) is 0. The molecule has 0 saturated carbocycles. The topological polar surface area (TPSA) is 122 Å². The van der Waals surface area contributed by atoms with E-state index in [0.29, 0.717) is 0 Å². The Morgan fingerprint density at radius 1 is 1.55 bits per heavy atom. The van der Waals surface area contributed by atoms with Crippen molar-refractivity contribution in [2.45, 2.75) is 37.3 Å². The summed E-state index contributed by atoms with van der Waals surface area (Å²) >= 11 is 5.57. The molecule has 0 aromatic carbocycles. The first-order chi connectivity index (χ1) is 10.1. The summed E-state index contributed by atoms with van der Waals surface area (Å²) in [6.07, 6.45) is -4.56. The average Bonchev–Trinajstić information content (AvgIpc) is 2.74. The van der Waals surface area contributed by atoms with Crippen LogP contribution in [0.5, 0.6) is 0 Å². The van der Waals surface area contributed by atoms with Crippen LogP contribution in [-0.4, -0.2) is 37.5 Å². The molecule has 2 heterocycles. The highest BCUT2D eigenvalue weighted by Crippen LogP contribution is 2.46. The summed E-state index contributed by atoms with van der Waals surface area (Å²) in [5.74, 6) is -2.56. The highest BCUT2D eigenvalue weighted by molar-refractivity contribution is 7.52. The Hall–Kier alpha value is -1.06. The summed E-state index contributed by atoms with van der Waals surface area (Å²) in [5.41, 5.74) is -1.71. The van der Waals surface area contributed by atoms with E-state index in [4.69, 9.17) is 26.1 Å². The van der Waals surface area contributed by atoms with Gasteiger partial charge in [-0.25, -0.2) is 13.6 Å². The minimum absolute atomic E-state index is 0.319. The van der Waals surface area contributed by atoms with E-state index < -0.39 is 49.7 Å². The predicted molar refractivity (Wildman–Crippen MR) is 71.3 cm³/mol. The molecule has 124 valence electrons. The van der Waals surface area contributed by atoms with E-state index in [1.165, 1.54) is 0 Å². The second-order valence-corrected chi connectivity index (χ2v) is 6.93. The van der Waals surface area contributed by atoms with Crippen LogP contribution in [0.3, 0.4) is 0 Å². The van der Waals surface area contributed by atoms with Gasteiger partial charge in [0.1, 0.15) is 17.4 Å². The van der Waals surface area contributed by atoms with Gasteiger partial charge < -0.3 is 14.5 Å². The Bertz CT molecular complexity index is 718. The number of nitrogens with zero attached hydrogens (tertiary/aromatic N) is 1. The number of aromatic amines is 1. The first-order valence-electron chi connectivity index (χ1n) is 6.09. The lowest BCUT2D eigenvalue weighted by Gasteiger charge is -2.18. The smallest absolute Gasteiger partial charge is 0.351 e. The predicted octanol–water partition coefficient (Wildman–Crippen LogP) is 0.679. The van der Waals surface area contributed by atoms with E-state index in [1.807, 2.05) is 4.98 Å². The molecule has 22 heavy (non-hydrogen) atoms. The van der Waals surface area contributed by atoms with E-state index in [1.54, 1.807) is 0 Å². The summed E-state index contributed by atoms with van der Waals surface area (Å²) in [6, 6.07) is 0. The number of alkyl halides is 2. The summed E-state index contributed by atoms with van der Waals surface area (Å²) < 4.78 is 43.8. The van der Waals surface area contributed by atoms with Gasteiger partial charge in [0.05, 0.1) is 6.10 Å². The molecule has 3 N–H and O–H groups in total. The Labute approximate surface area is 126 Å². The van der Waals surface area contributed by atoms with Gasteiger partial charge in [-0.2, -0.15) is 0 Å². The number of H-pyrrole nitrogens is 1. The Balaban J connectivity index is 2.18. The van der Waals surface area contributed by atoms with Crippen molar-refractivity contribution >= 4 is 19.2 Å². The van der Waals surface area contributed by atoms with Crippen LogP contribution >= 0.6 is 19.2 Å². The lowest BCUT2D eigenvalue weighted by atomic mass is 10.1. The van der Waals surface area contributed by atoms with E-state index in [9.17, 15) is 22.9 Å². The first-order valence-corrected chi connectivity index (χ1v) is 8.15. The van der Waals surface area contributed by atoms with Gasteiger partial charge in [0, 0.05) is 19.0 Å². The van der Waals surface area contributed by atoms with Crippen molar-refractivity contribution in [2.75, 3.05) is 0 Å². The summed E-state index contributed by atoms with van der Waals surface area (Å²) in [7, 11) is -5.00. The van der Waals surface area contributed by atoms with Crippen LogP contribution in [-0.2, 0) is 9.30 Å². The van der Waals surface area contributed by atoms with Crippen molar-refractivity contribution in [3.63, 3.8) is 0 Å². The minimum atomic E-state index is -5.00. The van der Waals surface area contributed by atoms with Crippen molar-refractivity contribution < 1.29 is 27.9 Å². The molecule has 0 aliphatic carbocycles. The molecule has 1 aromatic rings. The van der Waals surface area contributed by atoms with Crippen molar-refractivity contribution in [3.05, 3.63) is 32.1 Å². The zero-order valence-corrected chi connectivity index (χ0v) is 12.5. The number of aromatic nitrogens is 2. The minimum Gasteiger partial charge on any atom is -0.351 e. The molecule has 0 amide bonds. The molecule has 8 nitrogen and oxygen atoms in total. The zero-order chi connectivity index (χ0) is 16.7. The van der Waals surface area contributed by atoms with Gasteiger partial charge in [-0.15, -0.1) is 0 Å². The van der Waals surface area contributed by atoms with Gasteiger partial charge in [-0.05, 0) is 0 Å². The van der Waals surface area contributed by atoms with Crippen molar-refractivity contribution in [2.24, 2.45) is 0 Å². The summed E-state index contributed by atoms with van der Waals surface area (Å²) in [4.78, 5) is 42.0. The van der Waals surface area contributed by atoms with Gasteiger partial charge in [-0.3, -0.25) is 18.9 Å². The third-order valence-corrected chi connectivity index (χ3v) is 4.40. The molecule has 4 atom stereocenters. The molecule has 0 bridgehead atoms. The molecule has 1 aliphatic rings. The molecule has 2 rings (SSSR count). The largest absolute Gasteiger partial charge is 0.359 e. The average molecular weight is 361 g/mol. The Morgan fingerprint density at radius 3 is 2.77 bits per heavy atom. The molecule has 2 unspecified atom stereocenters. The standard InChI is InChI=1S/C10H12ClF2N2O6P/c11-4-3-15(10(17)14-9(4)16)8-1-5(12)6(21-8)2-7(13)22(18,19)20/h3,5-8H,1-2H2,(H,14,16,17)(H2,18,19,20)/t5?,6-,7?,8-/m0/s1. The van der Waals surface area contributed by atoms with Gasteiger partial charge in [0.2, 0.25) is 5.91 Å². The van der Waals surface area contributed by atoms with Crippen LogP contribution in [0.25, 0.3) is 0 Å². The van der Waals surface area contributed by atoms with Gasteiger partial charge in [0.25, 0.3) is 5.56 Å². The fourth-order valence-corrected chi connectivity index (χ4v) is 2.71. The molecule has 1 fully saturated rings. The molecular formula is C10H12ClF2N2O6P. The van der Waals surface area contributed by atoms with E-state index in [2.05, 4.69) is 0 Å². The van der Waals surface area contributed by atoms with Crippen LogP contribution < -0.4 is 11.2 Å². The number of ether oxygens (including phenoxy) is 1. The van der Waals surface area contributed by atoms with Gasteiger partial charge in [-0.1, -0.05) is 11.6 Å². The van der Waals surface area contributed by atoms with Crippen LogP contribution in [0.1, 0.15) is 19.1 Å². The maximum Gasteiger partial charge on any atom is 0.359 e. The lowest BCUT2D eigenvalue weighted by molar-refractivity contribution is -0.0202. The zero-order valence-electron chi connectivity index (χ0n) is 10.9. The fourth-order valence-electron chi connectivity index (χ4n) is 2.07. The highest BCUT2D eigenvalue weighted by Gasteiger charge is 2.42. The number of nitrogens with one attached hydrogen (secondary N) is 1. The summed E-state index contributed by atoms with van der Waals surface area (Å²) in [5, 5.41) is -0.319. The first kappa shape index (κ1) is 17.3. The molecule has 0 spiro atoms. The molecule has 1 aromatic heterocycles. The monoisotopic (exact) mass is 360 g/mol. The number of rotatable bonds is 4. The third-order valence-electron chi connectivity index (χ3n) is 3.19. The molecule has 0 radical (unpaired) electrons. The third kappa shape index (κ3) is 3.64. The van der Waals surface area contributed by atoms with Crippen molar-refractivity contribution in [1.82, 2.24) is 9.55 Å². The molecular weight excluding hydrogens is 349 g/mol.